The molecule has 0 fully saturated rings. The minimum Gasteiger partial charge on any atom is -0.506 e. The molecule has 176 valence electrons. The summed E-state index contributed by atoms with van der Waals surface area (Å²) in [4.78, 5) is 22.0. The van der Waals surface area contributed by atoms with Crippen LogP contribution in [0.1, 0.15) is 34.6 Å². The first-order chi connectivity index (χ1) is 14.2. The van der Waals surface area contributed by atoms with E-state index in [-0.39, 0.29) is 33.6 Å². The van der Waals surface area contributed by atoms with E-state index in [4.69, 9.17) is 49.1 Å². The van der Waals surface area contributed by atoms with Crippen LogP contribution in [0, 0.1) is 0 Å². The lowest BCUT2D eigenvalue weighted by Gasteiger charge is -2.02. The number of amides is 1. The number of rotatable bonds is 3. The van der Waals surface area contributed by atoms with E-state index in [1.165, 1.54) is 36.4 Å². The molecule has 31 heavy (non-hydrogen) atoms. The maximum atomic E-state index is 11.1. The number of ether oxygens (including phenoxy) is 1. The molecule has 2 aromatic carbocycles. The Morgan fingerprint density at radius 2 is 1.35 bits per heavy atom. The van der Waals surface area contributed by atoms with Crippen LogP contribution in [-0.4, -0.2) is 45.9 Å². The molecule has 2 aromatic rings. The van der Waals surface area contributed by atoms with Crippen LogP contribution in [0.5, 0.6) is 11.5 Å². The summed E-state index contributed by atoms with van der Waals surface area (Å²) in [5.41, 5.74) is 2.59. The summed E-state index contributed by atoms with van der Waals surface area (Å²) in [6.07, 6.45) is 0. The van der Waals surface area contributed by atoms with Gasteiger partial charge in [0.2, 0.25) is 0 Å². The number of aromatic hydroxyl groups is 2. The summed E-state index contributed by atoms with van der Waals surface area (Å²) in [7, 11) is 0. The highest BCUT2D eigenvalue weighted by Gasteiger charge is 2.08. The third kappa shape index (κ3) is 13.3. The molecule has 0 saturated heterocycles. The maximum Gasteiger partial charge on any atom is 0.338 e. The highest BCUT2D eigenvalue weighted by Crippen LogP contribution is 2.24. The number of carbonyl (C=O) groups excluding carboxylic acids is 2. The van der Waals surface area contributed by atoms with Crippen LogP contribution in [0.3, 0.4) is 0 Å². The molecule has 0 saturated carbocycles. The van der Waals surface area contributed by atoms with Gasteiger partial charge in [-0.1, -0.05) is 23.2 Å². The number of hydrazine groups is 2. The van der Waals surface area contributed by atoms with Gasteiger partial charge in [0, 0.05) is 12.2 Å². The monoisotopic (exact) mass is 482 g/mol. The van der Waals surface area contributed by atoms with E-state index in [1.54, 1.807) is 13.8 Å². The van der Waals surface area contributed by atoms with Crippen molar-refractivity contribution in [1.29, 1.82) is 0 Å². The molecular formula is C18H28Cl2N4O7. The lowest BCUT2D eigenvalue weighted by molar-refractivity contribution is 0.0526. The number of phenolic OH excluding ortho intramolecular Hbond substituents is 2. The number of aliphatic hydroxyl groups is 1. The average molecular weight is 483 g/mol. The summed E-state index contributed by atoms with van der Waals surface area (Å²) < 4.78 is 4.74. The summed E-state index contributed by atoms with van der Waals surface area (Å²) in [6.45, 7) is 3.97. The van der Waals surface area contributed by atoms with E-state index in [9.17, 15) is 9.59 Å². The summed E-state index contributed by atoms with van der Waals surface area (Å²) in [6, 6.07) is 8.26. The number of hydrogen-bond donors (Lipinski definition) is 7. The fraction of sp³-hybridized carbons (Fsp3) is 0.222. The number of aliphatic hydroxyl groups excluding tert-OH is 1. The zero-order valence-corrected chi connectivity index (χ0v) is 18.4. The zero-order chi connectivity index (χ0) is 23.7. The Balaban J connectivity index is -0.000000409. The summed E-state index contributed by atoms with van der Waals surface area (Å²) >= 11 is 11.1. The Morgan fingerprint density at radius 3 is 1.71 bits per heavy atom. The van der Waals surface area contributed by atoms with Crippen LogP contribution in [0.15, 0.2) is 36.4 Å². The topological polar surface area (TPSA) is 226 Å². The molecule has 0 bridgehead atoms. The van der Waals surface area contributed by atoms with Crippen molar-refractivity contribution in [2.24, 2.45) is 17.5 Å². The Labute approximate surface area is 189 Å². The molecule has 1 amide bonds. The SMILES string of the molecule is CCO.CCOC(=O)c1ccc(O)c(Cl)c1.NN.NNC(=O)c1ccc(O)c(Cl)c1.O. The van der Waals surface area contributed by atoms with E-state index < -0.39 is 11.9 Å². The molecule has 11 nitrogen and oxygen atoms in total. The highest BCUT2D eigenvalue weighted by atomic mass is 35.5. The second-order valence-corrected chi connectivity index (χ2v) is 5.66. The number of nitrogens with one attached hydrogen (secondary N) is 1. The lowest BCUT2D eigenvalue weighted by atomic mass is 10.2. The largest absolute Gasteiger partial charge is 0.506 e. The summed E-state index contributed by atoms with van der Waals surface area (Å²) in [5.74, 6) is 11.9. The number of nitrogens with two attached hydrogens (primary N) is 3. The second kappa shape index (κ2) is 19.3. The normalized spacial score (nSPS) is 8.52. The predicted octanol–water partition coefficient (Wildman–Crippen LogP) is 0.864. The first kappa shape index (κ1) is 33.0. The van der Waals surface area contributed by atoms with Crippen molar-refractivity contribution in [3.8, 4) is 11.5 Å². The van der Waals surface area contributed by atoms with Gasteiger partial charge < -0.3 is 25.5 Å². The van der Waals surface area contributed by atoms with Gasteiger partial charge in [0.1, 0.15) is 11.5 Å². The van der Waals surface area contributed by atoms with Gasteiger partial charge in [-0.25, -0.2) is 10.6 Å². The van der Waals surface area contributed by atoms with Crippen molar-refractivity contribution >= 4 is 35.1 Å². The number of carbonyl (C=O) groups is 2. The number of halogens is 2. The van der Waals surface area contributed by atoms with E-state index >= 15 is 0 Å². The minimum absolute atomic E-state index is 0. The van der Waals surface area contributed by atoms with Gasteiger partial charge in [-0.05, 0) is 50.2 Å². The molecular weight excluding hydrogens is 455 g/mol. The van der Waals surface area contributed by atoms with E-state index in [1.807, 2.05) is 5.43 Å². The molecule has 0 aliphatic rings. The van der Waals surface area contributed by atoms with Crippen LogP contribution < -0.4 is 23.0 Å². The molecule has 0 aliphatic carbocycles. The number of hydrogen-bond acceptors (Lipinski definition) is 9. The van der Waals surface area contributed by atoms with Gasteiger partial charge in [0.15, 0.2) is 0 Å². The van der Waals surface area contributed by atoms with Gasteiger partial charge in [-0.3, -0.25) is 21.9 Å². The van der Waals surface area contributed by atoms with Crippen molar-refractivity contribution in [1.82, 2.24) is 5.43 Å². The van der Waals surface area contributed by atoms with Crippen molar-refractivity contribution in [3.05, 3.63) is 57.6 Å². The first-order valence-electron chi connectivity index (χ1n) is 8.30. The third-order valence-electron chi connectivity index (χ3n) is 2.80. The molecule has 0 spiro atoms. The smallest absolute Gasteiger partial charge is 0.338 e. The molecule has 12 N–H and O–H groups in total. The number of esters is 1. The average Bonchev–Trinajstić information content (AvgIpc) is 2.74. The highest BCUT2D eigenvalue weighted by molar-refractivity contribution is 6.32. The molecule has 0 atom stereocenters. The number of nitrogen functional groups attached to an aromatic ring is 1. The third-order valence-corrected chi connectivity index (χ3v) is 3.41. The molecule has 0 aromatic heterocycles. The van der Waals surface area contributed by atoms with Crippen LogP contribution in [-0.2, 0) is 4.74 Å². The maximum absolute atomic E-state index is 11.1. The van der Waals surface area contributed by atoms with Gasteiger partial charge >= 0.3 is 5.97 Å². The van der Waals surface area contributed by atoms with Gasteiger partial charge in [0.25, 0.3) is 5.91 Å². The van der Waals surface area contributed by atoms with Crippen molar-refractivity contribution in [2.75, 3.05) is 13.2 Å². The van der Waals surface area contributed by atoms with Crippen LogP contribution in [0.4, 0.5) is 0 Å². The molecule has 0 unspecified atom stereocenters. The fourth-order valence-electron chi connectivity index (χ4n) is 1.58. The lowest BCUT2D eigenvalue weighted by Crippen LogP contribution is -2.29. The quantitative estimate of drug-likeness (QED) is 0.142. The Bertz CT molecular complexity index is 795. The Kier molecular flexibility index (Phi) is 20.6. The first-order valence-corrected chi connectivity index (χ1v) is 9.06. The predicted molar refractivity (Wildman–Crippen MR) is 119 cm³/mol. The van der Waals surface area contributed by atoms with Crippen molar-refractivity contribution in [3.63, 3.8) is 0 Å². The molecule has 0 heterocycles. The number of benzene rings is 2. The Morgan fingerprint density at radius 1 is 0.968 bits per heavy atom. The van der Waals surface area contributed by atoms with E-state index in [0.29, 0.717) is 17.7 Å². The second-order valence-electron chi connectivity index (χ2n) is 4.84. The van der Waals surface area contributed by atoms with E-state index in [0.717, 1.165) is 0 Å². The standard InChI is InChI=1S/C9H9ClO3.C7H7ClN2O2.C2H6O.H4N2.H2O/c1-2-13-9(12)6-3-4-8(11)7(10)5-6;8-5-3-4(7(12)10-9)1-2-6(5)11;1-2-3;1-2;/h3-5,11H,2H2,1H3;1-3,11H,9H2,(H,10,12);3H,2H2,1H3;1-2H2;1H2. The van der Waals surface area contributed by atoms with Gasteiger partial charge in [-0.15, -0.1) is 0 Å². The number of phenols is 2. The Hall–Kier alpha value is -2.64. The molecule has 0 aliphatic heterocycles. The van der Waals surface area contributed by atoms with Crippen LogP contribution >= 0.6 is 23.2 Å². The molecule has 2 rings (SSSR count). The molecule has 13 heteroatoms. The van der Waals surface area contributed by atoms with Crippen molar-refractivity contribution in [2.45, 2.75) is 13.8 Å². The zero-order valence-electron chi connectivity index (χ0n) is 16.9. The van der Waals surface area contributed by atoms with Gasteiger partial charge in [0.05, 0.1) is 22.2 Å². The van der Waals surface area contributed by atoms with Crippen LogP contribution in [0.25, 0.3) is 0 Å². The minimum atomic E-state index is -0.447. The van der Waals surface area contributed by atoms with Gasteiger partial charge in [-0.2, -0.15) is 0 Å². The molecule has 0 radical (unpaired) electrons. The van der Waals surface area contributed by atoms with Crippen LogP contribution in [0.2, 0.25) is 10.0 Å². The fourth-order valence-corrected chi connectivity index (χ4v) is 1.94. The van der Waals surface area contributed by atoms with Crippen molar-refractivity contribution < 1.29 is 35.1 Å². The summed E-state index contributed by atoms with van der Waals surface area (Å²) in [5, 5.41) is 25.9. The van der Waals surface area contributed by atoms with E-state index in [2.05, 4.69) is 11.7 Å².